The molecular formula is C21H20N4O4. The molecular weight excluding hydrogens is 372 g/mol. The van der Waals surface area contributed by atoms with E-state index < -0.39 is 17.7 Å². The molecule has 0 aromatic heterocycles. The molecule has 8 nitrogen and oxygen atoms in total. The van der Waals surface area contributed by atoms with Crippen molar-refractivity contribution >= 4 is 35.0 Å². The summed E-state index contributed by atoms with van der Waals surface area (Å²) in [6.07, 6.45) is 2.11. The summed E-state index contributed by atoms with van der Waals surface area (Å²) in [6.45, 7) is 1.72. The van der Waals surface area contributed by atoms with E-state index in [-0.39, 0.29) is 22.6 Å². The van der Waals surface area contributed by atoms with Gasteiger partial charge in [-0.1, -0.05) is 0 Å². The molecule has 0 aliphatic carbocycles. The summed E-state index contributed by atoms with van der Waals surface area (Å²) in [5.74, 6) is -1.85. The van der Waals surface area contributed by atoms with Crippen LogP contribution < -0.4 is 16.0 Å². The molecule has 2 aromatic rings. The highest BCUT2D eigenvalue weighted by molar-refractivity contribution is 6.22. The van der Waals surface area contributed by atoms with E-state index in [1.54, 1.807) is 18.2 Å². The first-order valence-electron chi connectivity index (χ1n) is 9.33. The van der Waals surface area contributed by atoms with Crippen LogP contribution in [0.1, 0.15) is 54.3 Å². The number of nitrogens with one attached hydrogen (secondary N) is 1. The molecule has 8 heteroatoms. The molecule has 2 aliphatic heterocycles. The van der Waals surface area contributed by atoms with Crippen molar-refractivity contribution in [2.45, 2.75) is 12.8 Å². The number of rotatable bonds is 4. The van der Waals surface area contributed by atoms with Crippen molar-refractivity contribution in [1.29, 1.82) is 0 Å². The standard InChI is InChI=1S/C21H20N4O4/c1-24-20(28)14-6-4-13(10-15(14)21(24)29)19(27)23-16-11-12(18(22)26)5-7-17(16)25-8-2-3-9-25/h4-7,10-11H,2-3,8-9H2,1H3,(H2,22,26)(H,23,27). The lowest BCUT2D eigenvalue weighted by atomic mass is 10.0. The lowest BCUT2D eigenvalue weighted by Crippen LogP contribution is -2.24. The third-order valence-electron chi connectivity index (χ3n) is 5.33. The Morgan fingerprint density at radius 3 is 2.28 bits per heavy atom. The van der Waals surface area contributed by atoms with Gasteiger partial charge < -0.3 is 16.0 Å². The predicted octanol–water partition coefficient (Wildman–Crippen LogP) is 1.86. The fourth-order valence-electron chi connectivity index (χ4n) is 3.72. The number of nitrogens with zero attached hydrogens (tertiary/aromatic N) is 2. The summed E-state index contributed by atoms with van der Waals surface area (Å²) in [4.78, 5) is 51.9. The molecule has 4 rings (SSSR count). The molecule has 0 bridgehead atoms. The summed E-state index contributed by atoms with van der Waals surface area (Å²) in [6, 6.07) is 9.38. The van der Waals surface area contributed by atoms with Crippen molar-refractivity contribution in [3.63, 3.8) is 0 Å². The molecule has 1 fully saturated rings. The van der Waals surface area contributed by atoms with Crippen molar-refractivity contribution in [2.75, 3.05) is 30.4 Å². The molecule has 0 spiro atoms. The van der Waals surface area contributed by atoms with E-state index in [4.69, 9.17) is 5.73 Å². The number of hydrogen-bond acceptors (Lipinski definition) is 5. The summed E-state index contributed by atoms with van der Waals surface area (Å²) >= 11 is 0. The SMILES string of the molecule is CN1C(=O)c2ccc(C(=O)Nc3cc(C(N)=O)ccc3N3CCCC3)cc2C1=O. The number of primary amides is 1. The molecule has 29 heavy (non-hydrogen) atoms. The number of imide groups is 1. The summed E-state index contributed by atoms with van der Waals surface area (Å²) < 4.78 is 0. The van der Waals surface area contributed by atoms with Crippen LogP contribution in [0.2, 0.25) is 0 Å². The lowest BCUT2D eigenvalue weighted by Gasteiger charge is -2.22. The maximum absolute atomic E-state index is 12.9. The van der Waals surface area contributed by atoms with E-state index in [1.807, 2.05) is 0 Å². The Labute approximate surface area is 167 Å². The number of benzene rings is 2. The Kier molecular flexibility index (Phi) is 4.54. The highest BCUT2D eigenvalue weighted by Crippen LogP contribution is 2.31. The minimum absolute atomic E-state index is 0.204. The zero-order valence-corrected chi connectivity index (χ0v) is 15.9. The number of carbonyl (C=O) groups excluding carboxylic acids is 4. The monoisotopic (exact) mass is 392 g/mol. The van der Waals surface area contributed by atoms with Crippen LogP contribution in [0.5, 0.6) is 0 Å². The van der Waals surface area contributed by atoms with E-state index in [1.165, 1.54) is 25.2 Å². The van der Waals surface area contributed by atoms with Gasteiger partial charge in [-0.15, -0.1) is 0 Å². The van der Waals surface area contributed by atoms with Gasteiger partial charge in [-0.05, 0) is 49.2 Å². The molecule has 0 saturated carbocycles. The largest absolute Gasteiger partial charge is 0.370 e. The van der Waals surface area contributed by atoms with Crippen molar-refractivity contribution < 1.29 is 19.2 Å². The number of anilines is 2. The average molecular weight is 392 g/mol. The second kappa shape index (κ2) is 7.05. The Morgan fingerprint density at radius 2 is 1.59 bits per heavy atom. The van der Waals surface area contributed by atoms with Crippen LogP contribution in [0, 0.1) is 0 Å². The van der Waals surface area contributed by atoms with Crippen LogP contribution in [0.25, 0.3) is 0 Å². The average Bonchev–Trinajstić information content (AvgIpc) is 3.32. The van der Waals surface area contributed by atoms with Gasteiger partial charge in [-0.2, -0.15) is 0 Å². The van der Waals surface area contributed by atoms with Gasteiger partial charge in [0.25, 0.3) is 17.7 Å². The molecule has 0 radical (unpaired) electrons. The summed E-state index contributed by atoms with van der Waals surface area (Å²) in [5.41, 5.74) is 7.71. The van der Waals surface area contributed by atoms with Crippen LogP contribution in [0.15, 0.2) is 36.4 Å². The Bertz CT molecular complexity index is 1060. The van der Waals surface area contributed by atoms with Crippen LogP contribution in [0.3, 0.4) is 0 Å². The zero-order valence-electron chi connectivity index (χ0n) is 15.9. The second-order valence-corrected chi connectivity index (χ2v) is 7.17. The number of nitrogens with two attached hydrogens (primary N) is 1. The molecule has 4 amide bonds. The number of carbonyl (C=O) groups is 4. The summed E-state index contributed by atoms with van der Waals surface area (Å²) in [5, 5.41) is 2.83. The van der Waals surface area contributed by atoms with Crippen molar-refractivity contribution in [2.24, 2.45) is 5.73 Å². The van der Waals surface area contributed by atoms with Crippen molar-refractivity contribution in [3.8, 4) is 0 Å². The van der Waals surface area contributed by atoms with E-state index in [2.05, 4.69) is 10.2 Å². The quantitative estimate of drug-likeness (QED) is 0.771. The van der Waals surface area contributed by atoms with Gasteiger partial charge in [0.05, 0.1) is 22.5 Å². The number of amides is 4. The van der Waals surface area contributed by atoms with Gasteiger partial charge >= 0.3 is 0 Å². The molecule has 2 aliphatic rings. The molecule has 2 heterocycles. The highest BCUT2D eigenvalue weighted by atomic mass is 16.2. The fraction of sp³-hybridized carbons (Fsp3) is 0.238. The van der Waals surface area contributed by atoms with Crippen molar-refractivity contribution in [3.05, 3.63) is 58.7 Å². The normalized spacial score (nSPS) is 15.6. The predicted molar refractivity (Wildman–Crippen MR) is 107 cm³/mol. The van der Waals surface area contributed by atoms with E-state index in [0.717, 1.165) is 36.5 Å². The Hall–Kier alpha value is -3.68. The highest BCUT2D eigenvalue weighted by Gasteiger charge is 2.33. The van der Waals surface area contributed by atoms with Gasteiger partial charge in [0.15, 0.2) is 0 Å². The first-order chi connectivity index (χ1) is 13.9. The maximum Gasteiger partial charge on any atom is 0.261 e. The van der Waals surface area contributed by atoms with Gasteiger partial charge in [-0.3, -0.25) is 24.1 Å². The molecule has 3 N–H and O–H groups in total. The van der Waals surface area contributed by atoms with E-state index >= 15 is 0 Å². The number of fused-ring (bicyclic) bond motifs is 1. The Morgan fingerprint density at radius 1 is 0.931 bits per heavy atom. The second-order valence-electron chi connectivity index (χ2n) is 7.17. The minimum atomic E-state index is -0.585. The van der Waals surface area contributed by atoms with Gasteiger partial charge in [0.2, 0.25) is 5.91 Å². The van der Waals surface area contributed by atoms with E-state index in [9.17, 15) is 19.2 Å². The van der Waals surface area contributed by atoms with Gasteiger partial charge in [0, 0.05) is 31.3 Å². The third kappa shape index (κ3) is 3.22. The first kappa shape index (κ1) is 18.7. The van der Waals surface area contributed by atoms with Gasteiger partial charge in [-0.25, -0.2) is 0 Å². The molecule has 2 aromatic carbocycles. The fourth-order valence-corrected chi connectivity index (χ4v) is 3.72. The zero-order chi connectivity index (χ0) is 20.7. The van der Waals surface area contributed by atoms with Crippen molar-refractivity contribution in [1.82, 2.24) is 4.90 Å². The Balaban J connectivity index is 1.66. The third-order valence-corrected chi connectivity index (χ3v) is 5.33. The lowest BCUT2D eigenvalue weighted by molar-refractivity contribution is 0.0692. The maximum atomic E-state index is 12.9. The van der Waals surface area contributed by atoms with Crippen LogP contribution in [0.4, 0.5) is 11.4 Å². The van der Waals surface area contributed by atoms with Crippen LogP contribution in [-0.4, -0.2) is 48.7 Å². The number of hydrogen-bond donors (Lipinski definition) is 2. The first-order valence-corrected chi connectivity index (χ1v) is 9.33. The molecule has 1 saturated heterocycles. The molecule has 148 valence electrons. The minimum Gasteiger partial charge on any atom is -0.370 e. The molecule has 0 atom stereocenters. The van der Waals surface area contributed by atoms with Crippen LogP contribution >= 0.6 is 0 Å². The van der Waals surface area contributed by atoms with E-state index in [0.29, 0.717) is 11.3 Å². The van der Waals surface area contributed by atoms with Gasteiger partial charge in [0.1, 0.15) is 0 Å². The van der Waals surface area contributed by atoms with Crippen LogP contribution in [-0.2, 0) is 0 Å². The smallest absolute Gasteiger partial charge is 0.261 e. The summed E-state index contributed by atoms with van der Waals surface area (Å²) in [7, 11) is 1.40. The molecule has 0 unspecified atom stereocenters. The topological polar surface area (TPSA) is 113 Å².